The van der Waals surface area contributed by atoms with E-state index in [-0.39, 0.29) is 12.2 Å². The molecule has 92 valence electrons. The van der Waals surface area contributed by atoms with Gasteiger partial charge in [0.2, 0.25) is 0 Å². The molecule has 1 fully saturated rings. The van der Waals surface area contributed by atoms with Gasteiger partial charge < -0.3 is 16.2 Å². The number of carbonyl (C=O) groups is 1. The smallest absolute Gasteiger partial charge is 0.304 e. The number of hydrogen-bond donors (Lipinski definition) is 3. The molecule has 17 heavy (non-hydrogen) atoms. The van der Waals surface area contributed by atoms with Crippen LogP contribution in [0.3, 0.4) is 0 Å². The van der Waals surface area contributed by atoms with Crippen LogP contribution in [0.15, 0.2) is 23.1 Å². The molecule has 0 unspecified atom stereocenters. The summed E-state index contributed by atoms with van der Waals surface area (Å²) >= 11 is 1.34. The van der Waals surface area contributed by atoms with Crippen molar-refractivity contribution in [1.29, 1.82) is 0 Å². The van der Waals surface area contributed by atoms with Crippen LogP contribution in [0.2, 0.25) is 0 Å². The van der Waals surface area contributed by atoms with E-state index in [0.717, 1.165) is 0 Å². The number of nitrogens with two attached hydrogens (primary N) is 1. The van der Waals surface area contributed by atoms with E-state index in [1.165, 1.54) is 30.0 Å². The predicted octanol–water partition coefficient (Wildman–Crippen LogP) is 1.32. The Bertz CT molecular complexity index is 449. The summed E-state index contributed by atoms with van der Waals surface area (Å²) in [5, 5.41) is 11.9. The second kappa shape index (κ2) is 4.54. The maximum atomic E-state index is 13.1. The molecule has 0 spiro atoms. The number of thioether (sulfide) groups is 1. The van der Waals surface area contributed by atoms with Crippen LogP contribution in [0, 0.1) is 5.82 Å². The van der Waals surface area contributed by atoms with Gasteiger partial charge in [0.05, 0.1) is 11.2 Å². The zero-order valence-corrected chi connectivity index (χ0v) is 9.89. The third-order valence-corrected chi connectivity index (χ3v) is 4.11. The van der Waals surface area contributed by atoms with Crippen molar-refractivity contribution in [3.05, 3.63) is 24.0 Å². The first kappa shape index (κ1) is 12.2. The highest BCUT2D eigenvalue weighted by atomic mass is 32.2. The number of benzene rings is 1. The van der Waals surface area contributed by atoms with Crippen LogP contribution >= 0.6 is 11.8 Å². The average Bonchev–Trinajstić information content (AvgIpc) is 2.19. The van der Waals surface area contributed by atoms with Crippen molar-refractivity contribution < 1.29 is 14.3 Å². The van der Waals surface area contributed by atoms with Crippen LogP contribution < -0.4 is 11.1 Å². The molecule has 2 rings (SSSR count). The first-order valence-electron chi connectivity index (χ1n) is 5.17. The Morgan fingerprint density at radius 1 is 1.59 bits per heavy atom. The van der Waals surface area contributed by atoms with Crippen LogP contribution in [-0.4, -0.2) is 28.9 Å². The van der Waals surface area contributed by atoms with Crippen LogP contribution in [0.4, 0.5) is 10.1 Å². The molecular weight excluding hydrogens is 243 g/mol. The zero-order valence-electron chi connectivity index (χ0n) is 9.07. The molecule has 0 atom stereocenters. The number of nitrogen functional groups attached to an aromatic ring is 1. The molecule has 0 aromatic heterocycles. The van der Waals surface area contributed by atoms with Crippen molar-refractivity contribution in [2.75, 3.05) is 18.8 Å². The first-order chi connectivity index (χ1) is 8.01. The maximum absolute atomic E-state index is 13.1. The van der Waals surface area contributed by atoms with Crippen LogP contribution in [0.5, 0.6) is 0 Å². The molecule has 6 heteroatoms. The molecule has 1 aliphatic heterocycles. The molecule has 0 radical (unpaired) electrons. The number of carboxylic acid groups (broad SMARTS) is 1. The number of rotatable bonds is 4. The third-order valence-electron chi connectivity index (χ3n) is 2.67. The van der Waals surface area contributed by atoms with Gasteiger partial charge in [0.1, 0.15) is 5.82 Å². The summed E-state index contributed by atoms with van der Waals surface area (Å²) in [5.41, 5.74) is 6.23. The minimum Gasteiger partial charge on any atom is -0.481 e. The summed E-state index contributed by atoms with van der Waals surface area (Å²) in [6, 6.07) is 4.14. The highest BCUT2D eigenvalue weighted by molar-refractivity contribution is 8.01. The molecular formula is C11H13FN2O2S. The van der Waals surface area contributed by atoms with Gasteiger partial charge in [0, 0.05) is 23.7 Å². The molecule has 0 amide bonds. The Morgan fingerprint density at radius 2 is 2.29 bits per heavy atom. The van der Waals surface area contributed by atoms with Crippen LogP contribution in [0.1, 0.15) is 6.42 Å². The van der Waals surface area contributed by atoms with Crippen molar-refractivity contribution in [3.8, 4) is 0 Å². The fourth-order valence-corrected chi connectivity index (χ4v) is 3.11. The number of anilines is 1. The van der Waals surface area contributed by atoms with E-state index in [9.17, 15) is 9.18 Å². The topological polar surface area (TPSA) is 75.4 Å². The molecule has 4 nitrogen and oxygen atoms in total. The summed E-state index contributed by atoms with van der Waals surface area (Å²) in [5.74, 6) is -1.21. The molecule has 0 aliphatic carbocycles. The first-order valence-corrected chi connectivity index (χ1v) is 5.99. The standard InChI is InChI=1S/C11H13FN2O2S/c12-7-1-2-8(13)9(3-7)17-11(4-10(15)16)5-14-6-11/h1-3,14H,4-6,13H2,(H,15,16). The Labute approximate surface area is 102 Å². The van der Waals surface area contributed by atoms with Crippen molar-refractivity contribution in [3.63, 3.8) is 0 Å². The Kier molecular flexibility index (Phi) is 3.26. The van der Waals surface area contributed by atoms with Crippen molar-refractivity contribution >= 4 is 23.4 Å². The lowest BCUT2D eigenvalue weighted by atomic mass is 9.98. The Balaban J connectivity index is 2.18. The molecule has 0 saturated carbocycles. The maximum Gasteiger partial charge on any atom is 0.304 e. The zero-order chi connectivity index (χ0) is 12.5. The van der Waals surface area contributed by atoms with Gasteiger partial charge in [-0.25, -0.2) is 4.39 Å². The van der Waals surface area contributed by atoms with Gasteiger partial charge in [-0.1, -0.05) is 0 Å². The summed E-state index contributed by atoms with van der Waals surface area (Å²) in [6.45, 7) is 1.19. The SMILES string of the molecule is Nc1ccc(F)cc1SC1(CC(=O)O)CNC1. The molecule has 1 aromatic rings. The van der Waals surface area contributed by atoms with Gasteiger partial charge >= 0.3 is 5.97 Å². The van der Waals surface area contributed by atoms with Gasteiger partial charge in [-0.2, -0.15) is 0 Å². The number of halogens is 1. The summed E-state index contributed by atoms with van der Waals surface area (Å²) in [7, 11) is 0. The second-order valence-corrected chi connectivity index (χ2v) is 5.65. The van der Waals surface area contributed by atoms with Crippen molar-refractivity contribution in [1.82, 2.24) is 5.32 Å². The number of hydrogen-bond acceptors (Lipinski definition) is 4. The lowest BCUT2D eigenvalue weighted by Crippen LogP contribution is -2.57. The molecule has 0 bridgehead atoms. The van der Waals surface area contributed by atoms with Gasteiger partial charge in [-0.3, -0.25) is 4.79 Å². The monoisotopic (exact) mass is 256 g/mol. The minimum atomic E-state index is -0.853. The van der Waals surface area contributed by atoms with Crippen molar-refractivity contribution in [2.24, 2.45) is 0 Å². The van der Waals surface area contributed by atoms with E-state index in [2.05, 4.69) is 5.32 Å². The van der Waals surface area contributed by atoms with E-state index in [0.29, 0.717) is 23.7 Å². The molecule has 1 aliphatic rings. The largest absolute Gasteiger partial charge is 0.481 e. The molecule has 4 N–H and O–H groups in total. The third kappa shape index (κ3) is 2.70. The van der Waals surface area contributed by atoms with E-state index in [4.69, 9.17) is 10.8 Å². The molecule has 1 aromatic carbocycles. The van der Waals surface area contributed by atoms with Gasteiger partial charge in [-0.15, -0.1) is 11.8 Å². The number of nitrogens with one attached hydrogen (secondary N) is 1. The highest BCUT2D eigenvalue weighted by Crippen LogP contribution is 2.41. The van der Waals surface area contributed by atoms with Gasteiger partial charge in [0.15, 0.2) is 0 Å². The predicted molar refractivity (Wildman–Crippen MR) is 64.5 cm³/mol. The number of carboxylic acids is 1. The second-order valence-electron chi connectivity index (χ2n) is 4.14. The highest BCUT2D eigenvalue weighted by Gasteiger charge is 2.40. The van der Waals surface area contributed by atoms with Gasteiger partial charge in [0.25, 0.3) is 0 Å². The summed E-state index contributed by atoms with van der Waals surface area (Å²) in [4.78, 5) is 11.4. The van der Waals surface area contributed by atoms with E-state index in [1.807, 2.05) is 0 Å². The normalized spacial score (nSPS) is 17.5. The summed E-state index contributed by atoms with van der Waals surface area (Å²) in [6.07, 6.45) is 0.0423. The Hall–Kier alpha value is -1.27. The van der Waals surface area contributed by atoms with E-state index >= 15 is 0 Å². The average molecular weight is 256 g/mol. The van der Waals surface area contributed by atoms with Gasteiger partial charge in [-0.05, 0) is 18.2 Å². The van der Waals surface area contributed by atoms with Crippen LogP contribution in [0.25, 0.3) is 0 Å². The minimum absolute atomic E-state index is 0.0423. The summed E-state index contributed by atoms with van der Waals surface area (Å²) < 4.78 is 12.7. The Morgan fingerprint density at radius 3 is 2.82 bits per heavy atom. The quantitative estimate of drug-likeness (QED) is 0.708. The lowest BCUT2D eigenvalue weighted by molar-refractivity contribution is -0.138. The fraction of sp³-hybridized carbons (Fsp3) is 0.364. The fourth-order valence-electron chi connectivity index (χ4n) is 1.74. The van der Waals surface area contributed by atoms with E-state index < -0.39 is 10.7 Å². The molecule has 1 heterocycles. The molecule has 1 saturated heterocycles. The van der Waals surface area contributed by atoms with Crippen LogP contribution in [-0.2, 0) is 4.79 Å². The van der Waals surface area contributed by atoms with Crippen molar-refractivity contribution in [2.45, 2.75) is 16.1 Å². The number of aliphatic carboxylic acids is 1. The van der Waals surface area contributed by atoms with E-state index in [1.54, 1.807) is 0 Å². The lowest BCUT2D eigenvalue weighted by Gasteiger charge is -2.41.